The summed E-state index contributed by atoms with van der Waals surface area (Å²) in [7, 11) is -3.02. The SMILES string of the molecule is c1ccc(C2(c3ccccc3)c3cccc4c3N3c5c(cccc5[Si]4(c4ccccc4)c4ccccc4)C45c6ccccc6C(c6ccccc64)c4ccc2c3c45)cc1. The molecule has 9 aromatic rings. The second-order valence-corrected chi connectivity index (χ2v) is 20.7. The van der Waals surface area contributed by atoms with Crippen LogP contribution in [0.4, 0.5) is 17.1 Å². The molecule has 3 heterocycles. The van der Waals surface area contributed by atoms with Crippen LogP contribution in [0.15, 0.2) is 218 Å². The molecule has 0 saturated heterocycles. The van der Waals surface area contributed by atoms with Crippen LogP contribution in [-0.4, -0.2) is 8.07 Å². The Morgan fingerprint density at radius 2 is 0.746 bits per heavy atom. The summed E-state index contributed by atoms with van der Waals surface area (Å²) in [4.78, 5) is 2.79. The van der Waals surface area contributed by atoms with Crippen LogP contribution in [0.2, 0.25) is 0 Å². The summed E-state index contributed by atoms with van der Waals surface area (Å²) in [6.07, 6.45) is 0. The number of rotatable bonds is 4. The van der Waals surface area contributed by atoms with Crippen molar-refractivity contribution in [2.24, 2.45) is 0 Å². The summed E-state index contributed by atoms with van der Waals surface area (Å²) >= 11 is 0. The fraction of sp³-hybridized carbons (Fsp3) is 0.0526. The van der Waals surface area contributed by atoms with Gasteiger partial charge in [0.05, 0.1) is 27.9 Å². The van der Waals surface area contributed by atoms with Crippen LogP contribution < -0.4 is 25.6 Å². The summed E-state index contributed by atoms with van der Waals surface area (Å²) in [6, 6.07) is 84.5. The van der Waals surface area contributed by atoms with Gasteiger partial charge in [0.25, 0.3) is 0 Å². The van der Waals surface area contributed by atoms with Crippen molar-refractivity contribution in [3.63, 3.8) is 0 Å². The van der Waals surface area contributed by atoms with Gasteiger partial charge in [0.2, 0.25) is 0 Å². The average molecular weight is 764 g/mol. The van der Waals surface area contributed by atoms with E-state index >= 15 is 0 Å². The smallest absolute Gasteiger partial charge is 0.184 e. The predicted octanol–water partition coefficient (Wildman–Crippen LogP) is 10.0. The average Bonchev–Trinajstić information content (AvgIpc) is 3.32. The van der Waals surface area contributed by atoms with E-state index in [4.69, 9.17) is 0 Å². The van der Waals surface area contributed by atoms with E-state index in [0.717, 1.165) is 0 Å². The highest BCUT2D eigenvalue weighted by atomic mass is 28.3. The number of nitrogens with zero attached hydrogens (tertiary/aromatic N) is 1. The van der Waals surface area contributed by atoms with Crippen molar-refractivity contribution < 1.29 is 0 Å². The van der Waals surface area contributed by atoms with E-state index in [0.29, 0.717) is 0 Å². The summed E-state index contributed by atoms with van der Waals surface area (Å²) in [5.41, 5.74) is 18.3. The first kappa shape index (κ1) is 32.0. The van der Waals surface area contributed by atoms with E-state index < -0.39 is 18.9 Å². The third-order valence-electron chi connectivity index (χ3n) is 14.8. The zero-order valence-corrected chi connectivity index (χ0v) is 33.3. The Morgan fingerprint density at radius 3 is 1.27 bits per heavy atom. The van der Waals surface area contributed by atoms with Crippen LogP contribution in [0.25, 0.3) is 0 Å². The Balaban J connectivity index is 1.29. The molecule has 0 N–H and O–H groups in total. The second-order valence-electron chi connectivity index (χ2n) is 17.0. The van der Waals surface area contributed by atoms with Crippen LogP contribution >= 0.6 is 0 Å². The molecule has 3 aliphatic carbocycles. The first-order valence-electron chi connectivity index (χ1n) is 21.0. The fourth-order valence-corrected chi connectivity index (χ4v) is 18.2. The molecule has 9 aromatic carbocycles. The molecule has 2 bridgehead atoms. The van der Waals surface area contributed by atoms with Crippen LogP contribution in [0.1, 0.15) is 67.1 Å². The Hall–Kier alpha value is -7.00. The van der Waals surface area contributed by atoms with Gasteiger partial charge < -0.3 is 4.90 Å². The Bertz CT molecular complexity index is 3060. The lowest BCUT2D eigenvalue weighted by Crippen LogP contribution is -2.78. The highest BCUT2D eigenvalue weighted by Crippen LogP contribution is 2.71. The standard InChI is InChI=1S/C57H37NSi/c1-5-19-37(20-6-1)56(38-21-7-2-8-22-38)46-31-17-33-49-53(46)58-54-47(32-18-34-50(54)59(49,39-23-9-3-10-24-39)40-25-11-4-12-26-40)57-44-29-15-13-27-41(44)51(42-28-14-16-30-45(42)57)43-35-36-48(56)55(58)52(43)57/h1-36,51H. The maximum atomic E-state index is 2.79. The van der Waals surface area contributed by atoms with E-state index in [1.807, 2.05) is 0 Å². The monoisotopic (exact) mass is 763 g/mol. The van der Waals surface area contributed by atoms with Gasteiger partial charge in [0, 0.05) is 11.5 Å². The Labute approximate surface area is 345 Å². The summed E-state index contributed by atoms with van der Waals surface area (Å²) < 4.78 is 0. The van der Waals surface area contributed by atoms with Crippen LogP contribution in [0.3, 0.4) is 0 Å². The molecule has 3 aliphatic heterocycles. The zero-order valence-electron chi connectivity index (χ0n) is 32.3. The maximum Gasteiger partial charge on any atom is 0.184 e. The van der Waals surface area contributed by atoms with Crippen molar-refractivity contribution in [2.75, 3.05) is 4.90 Å². The van der Waals surface area contributed by atoms with Crippen molar-refractivity contribution in [2.45, 2.75) is 16.7 Å². The molecule has 1 spiro atoms. The van der Waals surface area contributed by atoms with E-state index in [-0.39, 0.29) is 5.92 Å². The lowest BCUT2D eigenvalue weighted by molar-refractivity contribution is 0.612. The first-order chi connectivity index (χ1) is 29.3. The van der Waals surface area contributed by atoms with Crippen molar-refractivity contribution in [3.8, 4) is 0 Å². The topological polar surface area (TPSA) is 3.24 Å². The molecule has 1 nitrogen and oxygen atoms in total. The fourth-order valence-electron chi connectivity index (χ4n) is 13.0. The Kier molecular flexibility index (Phi) is 6.04. The van der Waals surface area contributed by atoms with E-state index in [9.17, 15) is 0 Å². The van der Waals surface area contributed by atoms with Gasteiger partial charge in [-0.05, 0) is 76.4 Å². The van der Waals surface area contributed by atoms with Crippen molar-refractivity contribution in [1.29, 1.82) is 0 Å². The molecule has 0 radical (unpaired) electrons. The van der Waals surface area contributed by atoms with Crippen LogP contribution in [-0.2, 0) is 10.8 Å². The third kappa shape index (κ3) is 3.46. The minimum atomic E-state index is -3.02. The van der Waals surface area contributed by atoms with Gasteiger partial charge in [-0.1, -0.05) is 218 Å². The molecule has 0 unspecified atom stereocenters. The predicted molar refractivity (Wildman–Crippen MR) is 243 cm³/mol. The van der Waals surface area contributed by atoms with E-state index in [1.54, 1.807) is 0 Å². The molecule has 0 amide bonds. The number of hydrogen-bond acceptors (Lipinski definition) is 1. The van der Waals surface area contributed by atoms with Gasteiger partial charge in [-0.2, -0.15) is 0 Å². The molecule has 0 fully saturated rings. The van der Waals surface area contributed by atoms with Gasteiger partial charge >= 0.3 is 0 Å². The summed E-state index contributed by atoms with van der Waals surface area (Å²) in [5, 5.41) is 5.74. The molecule has 274 valence electrons. The second kappa shape index (κ2) is 11.1. The maximum absolute atomic E-state index is 3.02. The minimum Gasteiger partial charge on any atom is -0.309 e. The van der Waals surface area contributed by atoms with Crippen molar-refractivity contribution >= 4 is 45.9 Å². The quantitative estimate of drug-likeness (QED) is 0.162. The van der Waals surface area contributed by atoms with Gasteiger partial charge in [-0.15, -0.1) is 0 Å². The molecule has 6 aliphatic rings. The van der Waals surface area contributed by atoms with E-state index in [1.165, 1.54) is 99.0 Å². The van der Waals surface area contributed by atoms with Gasteiger partial charge in [0.1, 0.15) is 0 Å². The van der Waals surface area contributed by atoms with Gasteiger partial charge in [0.15, 0.2) is 8.07 Å². The van der Waals surface area contributed by atoms with Gasteiger partial charge in [-0.3, -0.25) is 0 Å². The lowest BCUT2D eigenvalue weighted by atomic mass is 9.48. The largest absolute Gasteiger partial charge is 0.309 e. The molecule has 0 aromatic heterocycles. The van der Waals surface area contributed by atoms with Gasteiger partial charge in [-0.25, -0.2) is 0 Å². The molecular weight excluding hydrogens is 727 g/mol. The zero-order chi connectivity index (χ0) is 38.5. The van der Waals surface area contributed by atoms with Crippen molar-refractivity contribution in [1.82, 2.24) is 0 Å². The lowest BCUT2D eigenvalue weighted by Gasteiger charge is -2.61. The van der Waals surface area contributed by atoms with Crippen molar-refractivity contribution in [3.05, 3.63) is 280 Å². The van der Waals surface area contributed by atoms with Crippen LogP contribution in [0.5, 0.6) is 0 Å². The Morgan fingerprint density at radius 1 is 0.322 bits per heavy atom. The summed E-state index contributed by atoms with van der Waals surface area (Å²) in [6.45, 7) is 0. The highest BCUT2D eigenvalue weighted by Gasteiger charge is 2.64. The molecule has 0 atom stereocenters. The number of para-hydroxylation sites is 2. The molecule has 15 rings (SSSR count). The molecule has 2 heteroatoms. The molecule has 59 heavy (non-hydrogen) atoms. The highest BCUT2D eigenvalue weighted by molar-refractivity contribution is 7.21. The first-order valence-corrected chi connectivity index (χ1v) is 23.0. The summed E-state index contributed by atoms with van der Waals surface area (Å²) in [5.74, 6) is 0.153. The molecular formula is C57H37NSi. The number of benzene rings is 9. The molecule has 0 saturated carbocycles. The van der Waals surface area contributed by atoms with E-state index in [2.05, 4.69) is 223 Å². The number of hydrogen-bond donors (Lipinski definition) is 0. The number of anilines is 3. The van der Waals surface area contributed by atoms with Crippen LogP contribution in [0, 0.1) is 0 Å². The minimum absolute atomic E-state index is 0.153. The normalized spacial score (nSPS) is 19.3. The third-order valence-corrected chi connectivity index (χ3v) is 19.7.